The maximum absolute atomic E-state index is 13.5. The number of rotatable bonds is 5. The zero-order valence-electron chi connectivity index (χ0n) is 11.8. The molecule has 1 amide bonds. The van der Waals surface area contributed by atoms with E-state index in [2.05, 4.69) is 5.32 Å². The summed E-state index contributed by atoms with van der Waals surface area (Å²) in [4.78, 5) is 22.8. The second-order valence-corrected chi connectivity index (χ2v) is 5.26. The summed E-state index contributed by atoms with van der Waals surface area (Å²) >= 11 is 0. The quantitative estimate of drug-likeness (QED) is 0.867. The van der Waals surface area contributed by atoms with Crippen LogP contribution in [0.1, 0.15) is 24.8 Å². The number of carbonyl (C=O) groups is 2. The molecule has 1 aliphatic rings. The molecule has 1 aliphatic carbocycles. The molecule has 0 unspecified atom stereocenters. The van der Waals surface area contributed by atoms with Crippen LogP contribution in [0.2, 0.25) is 0 Å². The number of methoxy groups -OCH3 is 1. The zero-order chi connectivity index (χ0) is 15.4. The van der Waals surface area contributed by atoms with Crippen LogP contribution >= 0.6 is 0 Å². The van der Waals surface area contributed by atoms with Gasteiger partial charge in [0.05, 0.1) is 19.4 Å². The molecule has 0 heterocycles. The van der Waals surface area contributed by atoms with Gasteiger partial charge in [0.25, 0.3) is 0 Å². The van der Waals surface area contributed by atoms with Gasteiger partial charge in [-0.1, -0.05) is 6.07 Å². The number of ether oxygens (including phenoxy) is 1. The highest BCUT2D eigenvalue weighted by Gasteiger charge is 2.30. The van der Waals surface area contributed by atoms with E-state index in [1.165, 1.54) is 19.2 Å². The molecular weight excluding hydrogens is 277 g/mol. The lowest BCUT2D eigenvalue weighted by Gasteiger charge is -2.12. The van der Waals surface area contributed by atoms with Crippen LogP contribution in [-0.4, -0.2) is 30.1 Å². The van der Waals surface area contributed by atoms with Crippen molar-refractivity contribution < 1.29 is 23.8 Å². The fourth-order valence-corrected chi connectivity index (χ4v) is 2.62. The average Bonchev–Trinajstić information content (AvgIpc) is 2.87. The number of nitrogens with one attached hydrogen (secondary N) is 1. The van der Waals surface area contributed by atoms with Gasteiger partial charge in [0.1, 0.15) is 0 Å². The lowest BCUT2D eigenvalue weighted by atomic mass is 10.1. The molecule has 2 rings (SSSR count). The highest BCUT2D eigenvalue weighted by atomic mass is 19.1. The number of aliphatic carboxylic acids is 1. The lowest BCUT2D eigenvalue weighted by Crippen LogP contribution is -2.34. The van der Waals surface area contributed by atoms with Crippen LogP contribution in [-0.2, 0) is 16.0 Å². The van der Waals surface area contributed by atoms with E-state index in [1.54, 1.807) is 6.07 Å². The first-order chi connectivity index (χ1) is 9.99. The molecule has 0 aliphatic heterocycles. The van der Waals surface area contributed by atoms with Crippen molar-refractivity contribution in [2.24, 2.45) is 5.92 Å². The first-order valence-electron chi connectivity index (χ1n) is 6.84. The van der Waals surface area contributed by atoms with Gasteiger partial charge >= 0.3 is 5.97 Å². The summed E-state index contributed by atoms with van der Waals surface area (Å²) < 4.78 is 18.3. The number of benzene rings is 1. The minimum Gasteiger partial charge on any atom is -0.494 e. The first kappa shape index (κ1) is 15.3. The topological polar surface area (TPSA) is 75.6 Å². The minimum absolute atomic E-state index is 0.0646. The maximum atomic E-state index is 13.5. The van der Waals surface area contributed by atoms with Gasteiger partial charge < -0.3 is 15.2 Å². The standard InChI is InChI=1S/C15H18FNO4/c1-21-13-5-2-9(6-12(13)16)7-14(18)17-11-4-3-10(8-11)15(19)20/h2,5-6,10-11H,3-4,7-8H2,1H3,(H,17,18)(H,19,20)/t10-,11+/m1/s1. The van der Waals surface area contributed by atoms with E-state index in [0.29, 0.717) is 24.8 Å². The SMILES string of the molecule is COc1ccc(CC(=O)N[C@H]2CC[C@@H](C(=O)O)C2)cc1F. The number of carbonyl (C=O) groups excluding carboxylic acids is 1. The fourth-order valence-electron chi connectivity index (χ4n) is 2.62. The second-order valence-electron chi connectivity index (χ2n) is 5.26. The Bertz CT molecular complexity index is 546. The van der Waals surface area contributed by atoms with Crippen LogP contribution in [0.15, 0.2) is 18.2 Å². The van der Waals surface area contributed by atoms with Crippen molar-refractivity contribution >= 4 is 11.9 Å². The Kier molecular flexibility index (Phi) is 4.77. The van der Waals surface area contributed by atoms with E-state index in [-0.39, 0.29) is 30.0 Å². The first-order valence-corrected chi connectivity index (χ1v) is 6.84. The van der Waals surface area contributed by atoms with Gasteiger partial charge in [-0.05, 0) is 37.0 Å². The molecule has 1 fully saturated rings. The van der Waals surface area contributed by atoms with Crippen LogP contribution in [0.25, 0.3) is 0 Å². The van der Waals surface area contributed by atoms with Crippen molar-refractivity contribution in [2.75, 3.05) is 7.11 Å². The van der Waals surface area contributed by atoms with E-state index >= 15 is 0 Å². The Labute approximate surface area is 122 Å². The van der Waals surface area contributed by atoms with Crippen LogP contribution in [0, 0.1) is 11.7 Å². The Morgan fingerprint density at radius 1 is 1.43 bits per heavy atom. The molecule has 1 aromatic rings. The van der Waals surface area contributed by atoms with Gasteiger partial charge in [0, 0.05) is 6.04 Å². The van der Waals surface area contributed by atoms with Crippen molar-refractivity contribution in [1.82, 2.24) is 5.32 Å². The van der Waals surface area contributed by atoms with Crippen molar-refractivity contribution in [1.29, 1.82) is 0 Å². The Morgan fingerprint density at radius 2 is 2.19 bits per heavy atom. The molecule has 5 nitrogen and oxygen atoms in total. The predicted octanol–water partition coefficient (Wildman–Crippen LogP) is 1.75. The Morgan fingerprint density at radius 3 is 2.76 bits per heavy atom. The molecule has 2 N–H and O–H groups in total. The number of halogens is 1. The van der Waals surface area contributed by atoms with E-state index in [9.17, 15) is 14.0 Å². The molecule has 114 valence electrons. The monoisotopic (exact) mass is 295 g/mol. The molecule has 21 heavy (non-hydrogen) atoms. The van der Waals surface area contributed by atoms with Crippen LogP contribution < -0.4 is 10.1 Å². The molecular formula is C15H18FNO4. The van der Waals surface area contributed by atoms with Gasteiger partial charge in [-0.25, -0.2) is 4.39 Å². The summed E-state index contributed by atoms with van der Waals surface area (Å²) in [6.07, 6.45) is 1.77. The van der Waals surface area contributed by atoms with E-state index < -0.39 is 11.8 Å². The molecule has 0 radical (unpaired) electrons. The van der Waals surface area contributed by atoms with E-state index in [4.69, 9.17) is 9.84 Å². The normalized spacial score (nSPS) is 21.0. The lowest BCUT2D eigenvalue weighted by molar-refractivity contribution is -0.141. The summed E-state index contributed by atoms with van der Waals surface area (Å²) in [5.74, 6) is -1.79. The summed E-state index contributed by atoms with van der Waals surface area (Å²) in [7, 11) is 1.38. The molecule has 1 aromatic carbocycles. The van der Waals surface area contributed by atoms with Gasteiger partial charge in [-0.3, -0.25) is 9.59 Å². The Balaban J connectivity index is 1.88. The van der Waals surface area contributed by atoms with Crippen molar-refractivity contribution in [3.8, 4) is 5.75 Å². The summed E-state index contributed by atoms with van der Waals surface area (Å²) in [5, 5.41) is 11.7. The van der Waals surface area contributed by atoms with E-state index in [1.807, 2.05) is 0 Å². The van der Waals surface area contributed by atoms with Crippen molar-refractivity contribution in [3.63, 3.8) is 0 Å². The van der Waals surface area contributed by atoms with Crippen LogP contribution in [0.3, 0.4) is 0 Å². The molecule has 0 saturated heterocycles. The van der Waals surface area contributed by atoms with Gasteiger partial charge in [-0.2, -0.15) is 0 Å². The average molecular weight is 295 g/mol. The number of carboxylic acid groups (broad SMARTS) is 1. The molecule has 0 aromatic heterocycles. The minimum atomic E-state index is -0.816. The number of hydrogen-bond donors (Lipinski definition) is 2. The maximum Gasteiger partial charge on any atom is 0.306 e. The summed E-state index contributed by atoms with van der Waals surface area (Å²) in [5.41, 5.74) is 0.554. The van der Waals surface area contributed by atoms with E-state index in [0.717, 1.165) is 0 Å². The molecule has 1 saturated carbocycles. The largest absolute Gasteiger partial charge is 0.494 e. The van der Waals surface area contributed by atoms with Crippen LogP contribution in [0.5, 0.6) is 5.75 Å². The number of hydrogen-bond acceptors (Lipinski definition) is 3. The Hall–Kier alpha value is -2.11. The summed E-state index contributed by atoms with van der Waals surface area (Å²) in [6, 6.07) is 4.28. The highest BCUT2D eigenvalue weighted by molar-refractivity contribution is 5.79. The van der Waals surface area contributed by atoms with Gasteiger partial charge in [0.15, 0.2) is 11.6 Å². The van der Waals surface area contributed by atoms with Gasteiger partial charge in [-0.15, -0.1) is 0 Å². The molecule has 6 heteroatoms. The van der Waals surface area contributed by atoms with Crippen molar-refractivity contribution in [2.45, 2.75) is 31.7 Å². The molecule has 0 spiro atoms. The van der Waals surface area contributed by atoms with Gasteiger partial charge in [0.2, 0.25) is 5.91 Å². The third-order valence-corrected chi connectivity index (χ3v) is 3.73. The molecule has 2 atom stereocenters. The summed E-state index contributed by atoms with van der Waals surface area (Å²) in [6.45, 7) is 0. The predicted molar refractivity (Wildman–Crippen MR) is 73.6 cm³/mol. The smallest absolute Gasteiger partial charge is 0.306 e. The number of amides is 1. The third kappa shape index (κ3) is 3.93. The zero-order valence-corrected chi connectivity index (χ0v) is 11.8. The molecule has 0 bridgehead atoms. The van der Waals surface area contributed by atoms with Crippen LogP contribution in [0.4, 0.5) is 4.39 Å². The fraction of sp³-hybridized carbons (Fsp3) is 0.467. The highest BCUT2D eigenvalue weighted by Crippen LogP contribution is 2.25. The third-order valence-electron chi connectivity index (χ3n) is 3.73. The van der Waals surface area contributed by atoms with Crippen molar-refractivity contribution in [3.05, 3.63) is 29.6 Å². The number of carboxylic acids is 1. The second kappa shape index (κ2) is 6.56.